The number of amides is 2. The Labute approximate surface area is 81.6 Å². The van der Waals surface area contributed by atoms with E-state index in [0.29, 0.717) is 13.1 Å². The van der Waals surface area contributed by atoms with E-state index >= 15 is 0 Å². The highest BCUT2D eigenvalue weighted by molar-refractivity contribution is 6.23. The van der Waals surface area contributed by atoms with E-state index in [-0.39, 0.29) is 12.8 Å². The highest BCUT2D eigenvalue weighted by Gasteiger charge is 2.24. The van der Waals surface area contributed by atoms with Crippen molar-refractivity contribution < 1.29 is 14.4 Å². The zero-order valence-corrected chi connectivity index (χ0v) is 7.81. The van der Waals surface area contributed by atoms with Gasteiger partial charge >= 0.3 is 5.91 Å². The van der Waals surface area contributed by atoms with Gasteiger partial charge in [-0.3, -0.25) is 19.4 Å². The smallest absolute Gasteiger partial charge is 0.301 e. The molecule has 14 heavy (non-hydrogen) atoms. The van der Waals surface area contributed by atoms with E-state index in [4.69, 9.17) is 5.73 Å². The highest BCUT2D eigenvalue weighted by atomic mass is 16.2. The predicted octanol–water partition coefficient (Wildman–Crippen LogP) is -1.49. The third kappa shape index (κ3) is 2.53. The molecule has 0 bridgehead atoms. The fourth-order valence-corrected chi connectivity index (χ4v) is 1.47. The summed E-state index contributed by atoms with van der Waals surface area (Å²) in [4.78, 5) is 32.1. The molecule has 6 nitrogen and oxygen atoms in total. The molecule has 2 N–H and O–H groups in total. The van der Waals surface area contributed by atoms with Gasteiger partial charge in [-0.1, -0.05) is 0 Å². The van der Waals surface area contributed by atoms with Crippen molar-refractivity contribution in [3.63, 3.8) is 0 Å². The van der Waals surface area contributed by atoms with Crippen molar-refractivity contribution in [2.45, 2.75) is 12.8 Å². The standard InChI is InChI=1S/C8H13N3O3/c9-7(13)5-11(8(14)6-12)10-3-1-2-4-10/h6H,1-5H2,(H2,9,13). The van der Waals surface area contributed by atoms with Gasteiger partial charge in [0.25, 0.3) is 0 Å². The summed E-state index contributed by atoms with van der Waals surface area (Å²) in [5.74, 6) is -1.34. The van der Waals surface area contributed by atoms with E-state index in [0.717, 1.165) is 17.9 Å². The maximum absolute atomic E-state index is 11.1. The molecule has 1 rings (SSSR count). The first-order valence-corrected chi connectivity index (χ1v) is 4.45. The normalized spacial score (nSPS) is 16.6. The molecular weight excluding hydrogens is 186 g/mol. The third-order valence-electron chi connectivity index (χ3n) is 2.08. The molecule has 0 unspecified atom stereocenters. The molecule has 0 aromatic heterocycles. The summed E-state index contributed by atoms with van der Waals surface area (Å²) in [6.07, 6.45) is 2.12. The van der Waals surface area contributed by atoms with Crippen LogP contribution in [0, 0.1) is 0 Å². The summed E-state index contributed by atoms with van der Waals surface area (Å²) in [7, 11) is 0. The van der Waals surface area contributed by atoms with Crippen molar-refractivity contribution in [1.82, 2.24) is 10.0 Å². The van der Waals surface area contributed by atoms with Gasteiger partial charge in [0, 0.05) is 13.1 Å². The van der Waals surface area contributed by atoms with Crippen molar-refractivity contribution in [3.05, 3.63) is 0 Å². The first kappa shape index (κ1) is 10.6. The second-order valence-corrected chi connectivity index (χ2v) is 3.14. The van der Waals surface area contributed by atoms with Crippen LogP contribution in [0.3, 0.4) is 0 Å². The van der Waals surface area contributed by atoms with Crippen molar-refractivity contribution >= 4 is 18.1 Å². The molecule has 6 heteroatoms. The minimum atomic E-state index is -0.717. The maximum atomic E-state index is 11.1. The van der Waals surface area contributed by atoms with Crippen LogP contribution in [0.5, 0.6) is 0 Å². The molecule has 2 amide bonds. The molecule has 0 aromatic rings. The number of rotatable bonds is 4. The van der Waals surface area contributed by atoms with Crippen LogP contribution >= 0.6 is 0 Å². The average Bonchev–Trinajstić information content (AvgIpc) is 2.65. The van der Waals surface area contributed by atoms with Gasteiger partial charge in [0.2, 0.25) is 12.2 Å². The van der Waals surface area contributed by atoms with E-state index in [2.05, 4.69) is 0 Å². The molecule has 0 aliphatic carbocycles. The summed E-state index contributed by atoms with van der Waals surface area (Å²) in [6, 6.07) is 0. The van der Waals surface area contributed by atoms with E-state index < -0.39 is 11.8 Å². The Morgan fingerprint density at radius 1 is 1.36 bits per heavy atom. The lowest BCUT2D eigenvalue weighted by molar-refractivity contribution is -0.153. The van der Waals surface area contributed by atoms with Gasteiger partial charge in [-0.25, -0.2) is 5.01 Å². The number of carbonyl (C=O) groups is 3. The Morgan fingerprint density at radius 2 is 1.93 bits per heavy atom. The first-order valence-electron chi connectivity index (χ1n) is 4.45. The number of hydrazine groups is 1. The molecule has 1 saturated heterocycles. The van der Waals surface area contributed by atoms with Gasteiger partial charge in [0.05, 0.1) is 0 Å². The van der Waals surface area contributed by atoms with Crippen molar-refractivity contribution in [2.75, 3.05) is 19.6 Å². The summed E-state index contributed by atoms with van der Waals surface area (Å²) >= 11 is 0. The van der Waals surface area contributed by atoms with Gasteiger partial charge in [-0.15, -0.1) is 0 Å². The molecule has 0 atom stereocenters. The largest absolute Gasteiger partial charge is 0.368 e. The lowest BCUT2D eigenvalue weighted by Gasteiger charge is -2.28. The second-order valence-electron chi connectivity index (χ2n) is 3.14. The average molecular weight is 199 g/mol. The lowest BCUT2D eigenvalue weighted by Crippen LogP contribution is -2.49. The molecule has 1 heterocycles. The topological polar surface area (TPSA) is 83.7 Å². The van der Waals surface area contributed by atoms with Crippen molar-refractivity contribution in [2.24, 2.45) is 5.73 Å². The molecule has 1 aliphatic rings. The zero-order valence-electron chi connectivity index (χ0n) is 7.81. The van der Waals surface area contributed by atoms with Gasteiger partial charge in [-0.05, 0) is 12.8 Å². The minimum Gasteiger partial charge on any atom is -0.368 e. The van der Waals surface area contributed by atoms with Crippen molar-refractivity contribution in [3.8, 4) is 0 Å². The molecule has 0 radical (unpaired) electrons. The summed E-state index contributed by atoms with van der Waals surface area (Å²) in [5, 5.41) is 2.80. The molecule has 78 valence electrons. The summed E-state index contributed by atoms with van der Waals surface area (Å²) in [5.41, 5.74) is 4.98. The monoisotopic (exact) mass is 199 g/mol. The number of hydrogen-bond acceptors (Lipinski definition) is 4. The minimum absolute atomic E-state index is 0.196. The van der Waals surface area contributed by atoms with E-state index in [9.17, 15) is 14.4 Å². The first-order chi connectivity index (χ1) is 6.65. The van der Waals surface area contributed by atoms with E-state index in [1.807, 2.05) is 0 Å². The van der Waals surface area contributed by atoms with E-state index in [1.54, 1.807) is 5.01 Å². The molecule has 0 spiro atoms. The van der Waals surface area contributed by atoms with Crippen LogP contribution in [0.25, 0.3) is 0 Å². The molecule has 0 aromatic carbocycles. The van der Waals surface area contributed by atoms with Crippen LogP contribution in [0.4, 0.5) is 0 Å². The van der Waals surface area contributed by atoms with Gasteiger partial charge < -0.3 is 5.73 Å². The van der Waals surface area contributed by atoms with Crippen LogP contribution in [0.2, 0.25) is 0 Å². The summed E-state index contributed by atoms with van der Waals surface area (Å²) in [6.45, 7) is 1.15. The van der Waals surface area contributed by atoms with Crippen LogP contribution in [-0.4, -0.2) is 47.8 Å². The second kappa shape index (κ2) is 4.71. The quantitative estimate of drug-likeness (QED) is 0.441. The number of carbonyl (C=O) groups excluding carboxylic acids is 3. The Morgan fingerprint density at radius 3 is 2.36 bits per heavy atom. The Hall–Kier alpha value is -1.43. The fourth-order valence-electron chi connectivity index (χ4n) is 1.47. The lowest BCUT2D eigenvalue weighted by atomic mass is 10.4. The Balaban J connectivity index is 2.64. The van der Waals surface area contributed by atoms with Crippen LogP contribution < -0.4 is 5.73 Å². The number of aldehydes is 1. The maximum Gasteiger partial charge on any atom is 0.301 e. The van der Waals surface area contributed by atoms with Gasteiger partial charge in [0.15, 0.2) is 0 Å². The fraction of sp³-hybridized carbons (Fsp3) is 0.625. The predicted molar refractivity (Wildman–Crippen MR) is 47.8 cm³/mol. The number of nitrogens with two attached hydrogens (primary N) is 1. The van der Waals surface area contributed by atoms with Crippen LogP contribution in [0.1, 0.15) is 12.8 Å². The number of hydrogen-bond donors (Lipinski definition) is 1. The zero-order chi connectivity index (χ0) is 10.6. The SMILES string of the molecule is NC(=O)CN(C(=O)C=O)N1CCCC1. The Kier molecular flexibility index (Phi) is 3.58. The van der Waals surface area contributed by atoms with Crippen LogP contribution in [0.15, 0.2) is 0 Å². The third-order valence-corrected chi connectivity index (χ3v) is 2.08. The van der Waals surface area contributed by atoms with Gasteiger partial charge in [-0.2, -0.15) is 0 Å². The number of nitrogens with zero attached hydrogens (tertiary/aromatic N) is 2. The molecule has 1 fully saturated rings. The van der Waals surface area contributed by atoms with Gasteiger partial charge in [0.1, 0.15) is 6.54 Å². The summed E-state index contributed by atoms with van der Waals surface area (Å²) < 4.78 is 0. The number of primary amides is 1. The van der Waals surface area contributed by atoms with Crippen LogP contribution in [-0.2, 0) is 14.4 Å². The Bertz CT molecular complexity index is 248. The van der Waals surface area contributed by atoms with E-state index in [1.165, 1.54) is 0 Å². The highest BCUT2D eigenvalue weighted by Crippen LogP contribution is 2.10. The molecular formula is C8H13N3O3. The van der Waals surface area contributed by atoms with Crippen molar-refractivity contribution in [1.29, 1.82) is 0 Å². The molecule has 0 saturated carbocycles. The molecule has 1 aliphatic heterocycles.